The lowest BCUT2D eigenvalue weighted by Gasteiger charge is -2.34. The fourth-order valence-corrected chi connectivity index (χ4v) is 5.02. The number of carbonyl (C=O) groups excluding carboxylic acids is 1. The second-order valence-corrected chi connectivity index (χ2v) is 10.5. The fraction of sp³-hybridized carbons (Fsp3) is 0.346. The first-order valence-corrected chi connectivity index (χ1v) is 13.0. The smallest absolute Gasteiger partial charge is 0.255 e. The van der Waals surface area contributed by atoms with E-state index in [0.717, 1.165) is 45.4 Å². The highest BCUT2D eigenvalue weighted by Crippen LogP contribution is 2.42. The Morgan fingerprint density at radius 1 is 1.14 bits per heavy atom. The summed E-state index contributed by atoms with van der Waals surface area (Å²) in [6, 6.07) is 11.2. The van der Waals surface area contributed by atoms with Gasteiger partial charge in [0.05, 0.1) is 15.7 Å². The van der Waals surface area contributed by atoms with Crippen molar-refractivity contribution in [3.8, 4) is 22.8 Å². The molecule has 0 unspecified atom stereocenters. The van der Waals surface area contributed by atoms with Crippen molar-refractivity contribution in [2.75, 3.05) is 11.9 Å². The highest BCUT2D eigenvalue weighted by atomic mass is 127. The summed E-state index contributed by atoms with van der Waals surface area (Å²) in [5.74, 6) is -1.44. The van der Waals surface area contributed by atoms with Gasteiger partial charge in [-0.05, 0) is 65.3 Å². The first-order valence-electron chi connectivity index (χ1n) is 11.9. The largest absolute Gasteiger partial charge is 0.492 e. The normalized spacial score (nSPS) is 18.1. The maximum atomic E-state index is 13.5. The Morgan fingerprint density at radius 2 is 1.92 bits per heavy atom. The monoisotopic (exact) mass is 604 g/mol. The van der Waals surface area contributed by atoms with E-state index in [1.54, 1.807) is 30.5 Å². The minimum atomic E-state index is -2.71. The van der Waals surface area contributed by atoms with Gasteiger partial charge in [-0.1, -0.05) is 12.1 Å². The van der Waals surface area contributed by atoms with Crippen LogP contribution in [0, 0.1) is 3.57 Å². The Bertz CT molecular complexity index is 1320. The Morgan fingerprint density at radius 3 is 2.64 bits per heavy atom. The van der Waals surface area contributed by atoms with Crippen molar-refractivity contribution in [2.24, 2.45) is 0 Å². The van der Waals surface area contributed by atoms with Gasteiger partial charge in [0.2, 0.25) is 11.8 Å². The summed E-state index contributed by atoms with van der Waals surface area (Å²) in [5, 5.41) is 6.20. The average molecular weight is 604 g/mol. The second kappa shape index (κ2) is 9.13. The predicted octanol–water partition coefficient (Wildman–Crippen LogP) is 5.50. The molecule has 7 nitrogen and oxygen atoms in total. The number of carbonyl (C=O) groups is 1. The van der Waals surface area contributed by atoms with Gasteiger partial charge >= 0.3 is 0 Å². The molecule has 186 valence electrons. The van der Waals surface area contributed by atoms with Crippen LogP contribution in [0.3, 0.4) is 0 Å². The minimum Gasteiger partial charge on any atom is -0.492 e. The molecule has 2 heterocycles. The van der Waals surface area contributed by atoms with Crippen molar-refractivity contribution in [2.45, 2.75) is 50.2 Å². The van der Waals surface area contributed by atoms with Gasteiger partial charge in [-0.15, -0.1) is 0 Å². The fourth-order valence-electron chi connectivity index (χ4n) is 4.36. The molecule has 0 bridgehead atoms. The number of ether oxygens (including phenoxy) is 2. The molecule has 1 aliphatic heterocycles. The molecule has 0 saturated heterocycles. The number of aromatic nitrogens is 2. The first kappa shape index (κ1) is 23.4. The van der Waals surface area contributed by atoms with Gasteiger partial charge < -0.3 is 20.1 Å². The van der Waals surface area contributed by atoms with Crippen molar-refractivity contribution < 1.29 is 23.0 Å². The third-order valence-corrected chi connectivity index (χ3v) is 7.36. The van der Waals surface area contributed by atoms with E-state index >= 15 is 0 Å². The van der Waals surface area contributed by atoms with Gasteiger partial charge in [-0.25, -0.2) is 13.8 Å². The van der Waals surface area contributed by atoms with Gasteiger partial charge in [-0.3, -0.25) is 4.79 Å². The Labute approximate surface area is 220 Å². The number of amides is 1. The third kappa shape index (κ3) is 4.82. The number of rotatable bonds is 7. The van der Waals surface area contributed by atoms with E-state index in [1.165, 1.54) is 0 Å². The average Bonchev–Trinajstić information content (AvgIpc) is 3.50. The predicted molar refractivity (Wildman–Crippen MR) is 138 cm³/mol. The number of hydrogen-bond donors (Lipinski definition) is 2. The lowest BCUT2D eigenvalue weighted by molar-refractivity contribution is -0.135. The topological polar surface area (TPSA) is 85.4 Å². The minimum absolute atomic E-state index is 0.109. The van der Waals surface area contributed by atoms with Crippen LogP contribution in [0.25, 0.3) is 11.1 Å². The highest BCUT2D eigenvalue weighted by molar-refractivity contribution is 14.1. The van der Waals surface area contributed by atoms with Crippen LogP contribution >= 0.6 is 22.6 Å². The molecule has 2 fully saturated rings. The summed E-state index contributed by atoms with van der Waals surface area (Å²) in [4.78, 5) is 21.4. The lowest BCUT2D eigenvalue weighted by atomic mass is 9.91. The molecule has 6 rings (SSSR count). The Balaban J connectivity index is 1.28. The SMILES string of the molecule is O=C(NC1CC1)c1ccc(-c2cnc(Nc3ccc(I)c4c3CCO4)nc2OC2CC(F)(F)C2)cc1. The molecule has 2 aromatic carbocycles. The highest BCUT2D eigenvalue weighted by Gasteiger charge is 2.47. The van der Waals surface area contributed by atoms with Crippen LogP contribution in [0.4, 0.5) is 20.4 Å². The molecule has 1 aromatic heterocycles. The summed E-state index contributed by atoms with van der Waals surface area (Å²) in [6.07, 6.45) is 3.10. The van der Waals surface area contributed by atoms with Crippen LogP contribution in [0.1, 0.15) is 41.6 Å². The van der Waals surface area contributed by atoms with Crippen molar-refractivity contribution in [3.05, 3.63) is 57.3 Å². The number of halogens is 3. The van der Waals surface area contributed by atoms with Crippen LogP contribution in [0.15, 0.2) is 42.6 Å². The number of alkyl halides is 2. The van der Waals surface area contributed by atoms with Crippen LogP contribution in [-0.2, 0) is 6.42 Å². The zero-order valence-electron chi connectivity index (χ0n) is 19.2. The van der Waals surface area contributed by atoms with Crippen LogP contribution in [0.5, 0.6) is 11.6 Å². The van der Waals surface area contributed by atoms with E-state index < -0.39 is 12.0 Å². The van der Waals surface area contributed by atoms with Gasteiger partial charge in [0.1, 0.15) is 11.9 Å². The van der Waals surface area contributed by atoms with E-state index in [2.05, 4.69) is 43.2 Å². The molecule has 2 saturated carbocycles. The molecule has 2 N–H and O–H groups in total. The maximum Gasteiger partial charge on any atom is 0.255 e. The van der Waals surface area contributed by atoms with Crippen molar-refractivity contribution >= 4 is 40.1 Å². The molecule has 10 heteroatoms. The molecule has 3 aliphatic rings. The van der Waals surface area contributed by atoms with E-state index in [-0.39, 0.29) is 30.7 Å². The van der Waals surface area contributed by atoms with Crippen molar-refractivity contribution in [1.29, 1.82) is 0 Å². The summed E-state index contributed by atoms with van der Waals surface area (Å²) < 4.78 is 39.7. The number of fused-ring (bicyclic) bond motifs is 1. The lowest BCUT2D eigenvalue weighted by Crippen LogP contribution is -2.43. The first-order chi connectivity index (χ1) is 17.3. The standard InChI is InChI=1S/C26H23F2IN4O3/c27-26(28)11-17(12-26)36-24-19(14-1-3-15(4-2-14)23(34)31-16-5-6-16)13-30-25(33-24)32-21-8-7-20(29)22-18(21)9-10-35-22/h1-4,7-8,13,16-17H,5-6,9-12H2,(H,31,34)(H,30,32,33). The molecule has 2 aliphatic carbocycles. The molecular weight excluding hydrogens is 581 g/mol. The van der Waals surface area contributed by atoms with Crippen molar-refractivity contribution in [1.82, 2.24) is 15.3 Å². The molecule has 0 radical (unpaired) electrons. The molecule has 0 atom stereocenters. The second-order valence-electron chi connectivity index (χ2n) is 9.37. The van der Waals surface area contributed by atoms with Gasteiger partial charge in [0.25, 0.3) is 11.8 Å². The van der Waals surface area contributed by atoms with Gasteiger partial charge in [-0.2, -0.15) is 4.98 Å². The molecule has 1 amide bonds. The van der Waals surface area contributed by atoms with Crippen LogP contribution < -0.4 is 20.1 Å². The summed E-state index contributed by atoms with van der Waals surface area (Å²) in [5.41, 5.74) is 3.74. The number of anilines is 2. The van der Waals surface area contributed by atoms with Gasteiger partial charge in [0.15, 0.2) is 0 Å². The van der Waals surface area contributed by atoms with E-state index in [4.69, 9.17) is 9.47 Å². The van der Waals surface area contributed by atoms with E-state index in [0.29, 0.717) is 23.7 Å². The summed E-state index contributed by atoms with van der Waals surface area (Å²) >= 11 is 2.24. The number of hydrogen-bond acceptors (Lipinski definition) is 6. The van der Waals surface area contributed by atoms with E-state index in [1.807, 2.05) is 12.1 Å². The maximum absolute atomic E-state index is 13.5. The molecule has 0 spiro atoms. The number of nitrogens with one attached hydrogen (secondary N) is 2. The molecule has 3 aromatic rings. The number of nitrogens with zero attached hydrogens (tertiary/aromatic N) is 2. The van der Waals surface area contributed by atoms with Gasteiger partial charge in [0, 0.05) is 48.3 Å². The third-order valence-electron chi connectivity index (χ3n) is 6.51. The zero-order valence-corrected chi connectivity index (χ0v) is 21.3. The van der Waals surface area contributed by atoms with Crippen molar-refractivity contribution in [3.63, 3.8) is 0 Å². The quantitative estimate of drug-likeness (QED) is 0.347. The number of benzene rings is 2. The Hall–Kier alpha value is -3.02. The molecular formula is C26H23F2IN4O3. The Kier molecular flexibility index (Phi) is 5.93. The summed E-state index contributed by atoms with van der Waals surface area (Å²) in [7, 11) is 0. The van der Waals surface area contributed by atoms with E-state index in [9.17, 15) is 13.6 Å². The molecule has 36 heavy (non-hydrogen) atoms. The van der Waals surface area contributed by atoms with Crippen LogP contribution in [-0.4, -0.2) is 40.6 Å². The van der Waals surface area contributed by atoms with Crippen LogP contribution in [0.2, 0.25) is 0 Å². The summed E-state index contributed by atoms with van der Waals surface area (Å²) in [6.45, 7) is 0.614. The zero-order chi connectivity index (χ0) is 24.9.